The molecule has 12 heteroatoms. The number of aromatic nitrogens is 2. The van der Waals surface area contributed by atoms with E-state index in [1.165, 1.54) is 0 Å². The Bertz CT molecular complexity index is 1690. The summed E-state index contributed by atoms with van der Waals surface area (Å²) in [5.74, 6) is 1.20. The molecule has 250 valence electrons. The second kappa shape index (κ2) is 15.3. The van der Waals surface area contributed by atoms with E-state index in [-0.39, 0.29) is 23.9 Å². The summed E-state index contributed by atoms with van der Waals surface area (Å²) in [6, 6.07) is 19.7. The summed E-state index contributed by atoms with van der Waals surface area (Å²) in [5.41, 5.74) is 6.16. The quantitative estimate of drug-likeness (QED) is 0.144. The Morgan fingerprint density at radius 2 is 1.08 bits per heavy atom. The second-order valence-corrected chi connectivity index (χ2v) is 12.7. The third-order valence-corrected chi connectivity index (χ3v) is 9.50. The summed E-state index contributed by atoms with van der Waals surface area (Å²) >= 11 is 14.1. The monoisotopic (exact) mass is 688 g/mol. The molecule has 4 aromatic rings. The maximum atomic E-state index is 11.5. The van der Waals surface area contributed by atoms with Crippen molar-refractivity contribution in [2.45, 2.75) is 50.9 Å². The van der Waals surface area contributed by atoms with Crippen molar-refractivity contribution >= 4 is 35.0 Å². The molecular weight excluding hydrogens is 651 g/mol. The van der Waals surface area contributed by atoms with E-state index in [4.69, 9.17) is 42.6 Å². The number of amides is 2. The van der Waals surface area contributed by atoms with Crippen LogP contribution in [0.4, 0.5) is 0 Å². The van der Waals surface area contributed by atoms with Crippen LogP contribution < -0.4 is 30.7 Å². The van der Waals surface area contributed by atoms with E-state index >= 15 is 0 Å². The van der Waals surface area contributed by atoms with Crippen LogP contribution in [0.25, 0.3) is 33.6 Å². The lowest BCUT2D eigenvalue weighted by Crippen LogP contribution is -2.35. The average Bonchev–Trinajstić information content (AvgIpc) is 3.72. The molecule has 4 N–H and O–H groups in total. The number of hydrogen-bond acceptors (Lipinski definition) is 8. The average molecular weight is 690 g/mol. The van der Waals surface area contributed by atoms with Crippen molar-refractivity contribution in [3.05, 3.63) is 81.8 Å². The molecule has 2 atom stereocenters. The van der Waals surface area contributed by atoms with Crippen molar-refractivity contribution in [2.24, 2.45) is 0 Å². The molecule has 2 amide bonds. The van der Waals surface area contributed by atoms with Gasteiger partial charge in [-0.3, -0.25) is 9.59 Å². The van der Waals surface area contributed by atoms with Gasteiger partial charge in [0, 0.05) is 84.5 Å². The highest BCUT2D eigenvalue weighted by molar-refractivity contribution is 6.39. The van der Waals surface area contributed by atoms with Gasteiger partial charge in [-0.2, -0.15) is 0 Å². The molecule has 0 spiro atoms. The van der Waals surface area contributed by atoms with Crippen LogP contribution in [0.5, 0.6) is 11.8 Å². The summed E-state index contributed by atoms with van der Waals surface area (Å²) < 4.78 is 11.3. The van der Waals surface area contributed by atoms with Crippen LogP contribution in [0.3, 0.4) is 0 Å². The SMILES string of the molecule is COc1nc(-c2cccc(-c3cccc(-c4ccc(CNC[C@@H]5CCC(=O)N5)c(OC)n4)c3Cl)c2Cl)ccc1CNC[C@H]1CCC(=O)N1. The highest BCUT2D eigenvalue weighted by Gasteiger charge is 2.22. The normalized spacial score (nSPS) is 17.3. The molecule has 48 heavy (non-hydrogen) atoms. The van der Waals surface area contributed by atoms with Crippen molar-refractivity contribution in [3.8, 4) is 45.4 Å². The minimum atomic E-state index is 0.0983. The van der Waals surface area contributed by atoms with Gasteiger partial charge in [0.1, 0.15) is 0 Å². The zero-order valence-corrected chi connectivity index (χ0v) is 28.4. The molecule has 2 fully saturated rings. The standard InChI is InChI=1S/C36H38Cl2N6O4/c1-47-35-21(17-39-19-23-11-15-31(45)41-23)9-13-29(43-35)27-7-3-5-25(33(27)37)26-6-4-8-28(34(26)38)30-14-10-22(36(44-30)48-2)18-40-20-24-12-16-32(46)42-24/h3-10,13-14,23-24,39-40H,11-12,15-20H2,1-2H3,(H,41,45)(H,42,46)/t23-,24+. The minimum Gasteiger partial charge on any atom is -0.481 e. The van der Waals surface area contributed by atoms with Crippen LogP contribution in [-0.4, -0.2) is 61.2 Å². The zero-order valence-electron chi connectivity index (χ0n) is 26.9. The van der Waals surface area contributed by atoms with E-state index in [0.29, 0.717) is 72.2 Å². The summed E-state index contributed by atoms with van der Waals surface area (Å²) in [6.45, 7) is 2.46. The van der Waals surface area contributed by atoms with E-state index in [9.17, 15) is 9.59 Å². The lowest BCUT2D eigenvalue weighted by Gasteiger charge is -2.16. The molecule has 0 bridgehead atoms. The number of methoxy groups -OCH3 is 2. The van der Waals surface area contributed by atoms with Crippen molar-refractivity contribution in [1.29, 1.82) is 0 Å². The number of halogens is 2. The molecule has 2 aromatic carbocycles. The second-order valence-electron chi connectivity index (χ2n) is 11.9. The molecule has 0 radical (unpaired) electrons. The molecule has 0 unspecified atom stereocenters. The van der Waals surface area contributed by atoms with Gasteiger partial charge in [-0.25, -0.2) is 9.97 Å². The predicted molar refractivity (Wildman–Crippen MR) is 187 cm³/mol. The van der Waals surface area contributed by atoms with Gasteiger partial charge >= 0.3 is 0 Å². The molecule has 0 saturated carbocycles. The zero-order chi connectivity index (χ0) is 33.6. The minimum absolute atomic E-state index is 0.0983. The van der Waals surface area contributed by atoms with E-state index < -0.39 is 0 Å². The third-order valence-electron chi connectivity index (χ3n) is 8.69. The number of rotatable bonds is 13. The van der Waals surface area contributed by atoms with Crippen LogP contribution >= 0.6 is 23.2 Å². The van der Waals surface area contributed by atoms with Gasteiger partial charge in [0.05, 0.1) is 35.7 Å². The molecule has 6 rings (SSSR count). The number of carbonyl (C=O) groups excluding carboxylic acids is 2. The van der Waals surface area contributed by atoms with Gasteiger partial charge in [0.2, 0.25) is 23.6 Å². The third kappa shape index (κ3) is 7.57. The van der Waals surface area contributed by atoms with Gasteiger partial charge in [-0.15, -0.1) is 0 Å². The Hall–Kier alpha value is -4.22. The Morgan fingerprint density at radius 3 is 1.46 bits per heavy atom. The Labute approximate surface area is 289 Å². The summed E-state index contributed by atoms with van der Waals surface area (Å²) in [5, 5.41) is 13.8. The number of carbonyl (C=O) groups is 2. The van der Waals surface area contributed by atoms with Crippen molar-refractivity contribution in [1.82, 2.24) is 31.2 Å². The molecule has 2 saturated heterocycles. The highest BCUT2D eigenvalue weighted by atomic mass is 35.5. The van der Waals surface area contributed by atoms with Gasteiger partial charge < -0.3 is 30.7 Å². The fourth-order valence-corrected chi connectivity index (χ4v) is 6.81. The first kappa shape index (κ1) is 33.7. The van der Waals surface area contributed by atoms with E-state index in [1.807, 2.05) is 60.7 Å². The van der Waals surface area contributed by atoms with Crippen LogP contribution in [-0.2, 0) is 22.7 Å². The Morgan fingerprint density at radius 1 is 0.667 bits per heavy atom. The predicted octanol–water partition coefficient (Wildman–Crippen LogP) is 5.54. The van der Waals surface area contributed by atoms with Gasteiger partial charge in [0.25, 0.3) is 0 Å². The maximum Gasteiger partial charge on any atom is 0.220 e. The fourth-order valence-electron chi connectivity index (χ4n) is 6.16. The van der Waals surface area contributed by atoms with Crippen molar-refractivity contribution in [3.63, 3.8) is 0 Å². The first-order valence-corrected chi connectivity index (χ1v) is 16.8. The van der Waals surface area contributed by atoms with E-state index in [0.717, 1.165) is 46.2 Å². The summed E-state index contributed by atoms with van der Waals surface area (Å²) in [6.07, 6.45) is 2.81. The van der Waals surface area contributed by atoms with Gasteiger partial charge in [-0.05, 0) is 25.0 Å². The maximum absolute atomic E-state index is 11.5. The molecular formula is C36H38Cl2N6O4. The number of benzene rings is 2. The van der Waals surface area contributed by atoms with Crippen molar-refractivity contribution in [2.75, 3.05) is 27.3 Å². The smallest absolute Gasteiger partial charge is 0.220 e. The molecule has 2 aliphatic heterocycles. The lowest BCUT2D eigenvalue weighted by atomic mass is 9.98. The molecule has 2 aromatic heterocycles. The molecule has 2 aliphatic rings. The molecule has 4 heterocycles. The number of ether oxygens (including phenoxy) is 2. The van der Waals surface area contributed by atoms with Crippen LogP contribution in [0.15, 0.2) is 60.7 Å². The largest absolute Gasteiger partial charge is 0.481 e. The Kier molecular flexibility index (Phi) is 10.8. The van der Waals surface area contributed by atoms with Gasteiger partial charge in [0.15, 0.2) is 0 Å². The van der Waals surface area contributed by atoms with Crippen LogP contribution in [0, 0.1) is 0 Å². The van der Waals surface area contributed by atoms with Gasteiger partial charge in [-0.1, -0.05) is 71.7 Å². The Balaban J connectivity index is 1.20. The lowest BCUT2D eigenvalue weighted by molar-refractivity contribution is -0.120. The molecule has 10 nitrogen and oxygen atoms in total. The van der Waals surface area contributed by atoms with E-state index in [1.54, 1.807) is 14.2 Å². The molecule has 0 aliphatic carbocycles. The summed E-state index contributed by atoms with van der Waals surface area (Å²) in [4.78, 5) is 32.6. The van der Waals surface area contributed by atoms with E-state index in [2.05, 4.69) is 21.3 Å². The van der Waals surface area contributed by atoms with Crippen molar-refractivity contribution < 1.29 is 19.1 Å². The topological polar surface area (TPSA) is 126 Å². The number of nitrogens with zero attached hydrogens (tertiary/aromatic N) is 2. The fraction of sp³-hybridized carbons (Fsp3) is 0.333. The first-order valence-electron chi connectivity index (χ1n) is 16.0. The highest BCUT2D eigenvalue weighted by Crippen LogP contribution is 2.42. The van der Waals surface area contributed by atoms with Crippen LogP contribution in [0.1, 0.15) is 36.8 Å². The summed E-state index contributed by atoms with van der Waals surface area (Å²) in [7, 11) is 3.19. The number of nitrogens with one attached hydrogen (secondary N) is 4. The number of hydrogen-bond donors (Lipinski definition) is 4. The van der Waals surface area contributed by atoms with Crippen LogP contribution in [0.2, 0.25) is 10.0 Å². The number of pyridine rings is 2. The first-order chi connectivity index (χ1) is 23.3.